The molecule has 21 heavy (non-hydrogen) atoms. The van der Waals surface area contributed by atoms with Crippen LogP contribution in [0, 0.1) is 16.7 Å². The number of carboxylic acids is 1. The van der Waals surface area contributed by atoms with Gasteiger partial charge in [0.15, 0.2) is 0 Å². The van der Waals surface area contributed by atoms with Gasteiger partial charge in [-0.3, -0.25) is 14.4 Å². The van der Waals surface area contributed by atoms with Crippen LogP contribution in [0.25, 0.3) is 0 Å². The Bertz CT molecular complexity index is 399. The fourth-order valence-electron chi connectivity index (χ4n) is 2.44. The van der Waals surface area contributed by atoms with Crippen LogP contribution < -0.4 is 0 Å². The first-order chi connectivity index (χ1) is 9.46. The van der Waals surface area contributed by atoms with Crippen LogP contribution in [0.1, 0.15) is 60.8 Å². The minimum Gasteiger partial charge on any atom is -0.481 e. The third kappa shape index (κ3) is 5.86. The fraction of sp³-hybridized carbons (Fsp3) is 0.812. The molecule has 0 aromatic carbocycles. The predicted molar refractivity (Wildman–Crippen MR) is 79.9 cm³/mol. The molecule has 0 saturated carbocycles. The summed E-state index contributed by atoms with van der Waals surface area (Å²) in [7, 11) is 0. The summed E-state index contributed by atoms with van der Waals surface area (Å²) >= 11 is 0. The molecule has 5 heteroatoms. The van der Waals surface area contributed by atoms with Crippen molar-refractivity contribution in [2.45, 2.75) is 60.8 Å². The third-order valence-corrected chi connectivity index (χ3v) is 3.91. The van der Waals surface area contributed by atoms with E-state index in [0.717, 1.165) is 6.42 Å². The summed E-state index contributed by atoms with van der Waals surface area (Å²) in [5.74, 6) is -1.95. The Labute approximate surface area is 127 Å². The molecule has 0 heterocycles. The van der Waals surface area contributed by atoms with Gasteiger partial charge >= 0.3 is 11.9 Å². The summed E-state index contributed by atoms with van der Waals surface area (Å²) < 4.78 is 5.06. The Hall–Kier alpha value is -1.39. The molecule has 0 saturated heterocycles. The van der Waals surface area contributed by atoms with Gasteiger partial charge < -0.3 is 9.84 Å². The summed E-state index contributed by atoms with van der Waals surface area (Å²) in [6, 6.07) is 0. The molecule has 5 nitrogen and oxygen atoms in total. The van der Waals surface area contributed by atoms with Crippen LogP contribution in [0.15, 0.2) is 0 Å². The highest BCUT2D eigenvalue weighted by Gasteiger charge is 2.42. The molecule has 0 rings (SSSR count). The molecule has 1 N–H and O–H groups in total. The number of ketones is 1. The van der Waals surface area contributed by atoms with E-state index in [1.165, 1.54) is 6.92 Å². The lowest BCUT2D eigenvalue weighted by atomic mass is 9.68. The number of hydrogen-bond acceptors (Lipinski definition) is 4. The van der Waals surface area contributed by atoms with Crippen molar-refractivity contribution in [2.24, 2.45) is 16.7 Å². The topological polar surface area (TPSA) is 80.7 Å². The maximum absolute atomic E-state index is 11.8. The van der Waals surface area contributed by atoms with Crippen molar-refractivity contribution in [2.75, 3.05) is 6.61 Å². The Morgan fingerprint density at radius 3 is 2.10 bits per heavy atom. The van der Waals surface area contributed by atoms with Gasteiger partial charge in [0.1, 0.15) is 5.78 Å². The van der Waals surface area contributed by atoms with Crippen LogP contribution in [0.5, 0.6) is 0 Å². The number of Topliss-reactive ketones (excluding diaryl/α,β-unsaturated/α-hetero) is 1. The lowest BCUT2D eigenvalue weighted by molar-refractivity contribution is -0.155. The van der Waals surface area contributed by atoms with Crippen LogP contribution in [0.3, 0.4) is 0 Å². The average molecular weight is 300 g/mol. The van der Waals surface area contributed by atoms with E-state index in [4.69, 9.17) is 4.74 Å². The lowest BCUT2D eigenvalue weighted by Crippen LogP contribution is -2.38. The van der Waals surface area contributed by atoms with Crippen LogP contribution in [0.2, 0.25) is 0 Å². The second-order valence-corrected chi connectivity index (χ2v) is 6.76. The van der Waals surface area contributed by atoms with Gasteiger partial charge in [0.2, 0.25) is 0 Å². The molecule has 2 atom stereocenters. The first kappa shape index (κ1) is 19.6. The molecule has 0 aromatic heterocycles. The van der Waals surface area contributed by atoms with Gasteiger partial charge in [-0.2, -0.15) is 0 Å². The number of carbonyl (C=O) groups excluding carboxylic acids is 2. The molecule has 0 aliphatic heterocycles. The van der Waals surface area contributed by atoms with Crippen molar-refractivity contribution in [3.05, 3.63) is 0 Å². The highest BCUT2D eigenvalue weighted by Crippen LogP contribution is 2.39. The second-order valence-electron chi connectivity index (χ2n) is 6.76. The molecule has 0 aliphatic carbocycles. The molecular weight excluding hydrogens is 272 g/mol. The minimum absolute atomic E-state index is 0.0591. The zero-order chi connectivity index (χ0) is 16.8. The SMILES string of the molecule is CCCOC(=O)C(C)CC(C)(CC(C)(C)C(C)=O)C(=O)O. The van der Waals surface area contributed by atoms with Crippen molar-refractivity contribution < 1.29 is 24.2 Å². The molecule has 122 valence electrons. The molecule has 0 bridgehead atoms. The van der Waals surface area contributed by atoms with E-state index in [-0.39, 0.29) is 24.6 Å². The summed E-state index contributed by atoms with van der Waals surface area (Å²) in [6.45, 7) is 10.4. The second kappa shape index (κ2) is 7.57. The van der Waals surface area contributed by atoms with Crippen molar-refractivity contribution >= 4 is 17.7 Å². The average Bonchev–Trinajstić information content (AvgIpc) is 2.34. The van der Waals surface area contributed by atoms with E-state index in [1.807, 2.05) is 6.92 Å². The van der Waals surface area contributed by atoms with E-state index in [9.17, 15) is 19.5 Å². The minimum atomic E-state index is -1.14. The van der Waals surface area contributed by atoms with E-state index < -0.39 is 22.7 Å². The number of ether oxygens (including phenoxy) is 1. The molecular formula is C16H28O5. The zero-order valence-corrected chi connectivity index (χ0v) is 14.0. The first-order valence-electron chi connectivity index (χ1n) is 7.37. The predicted octanol–water partition coefficient (Wildman–Crippen LogP) is 3.06. The van der Waals surface area contributed by atoms with Crippen LogP contribution >= 0.6 is 0 Å². The molecule has 0 radical (unpaired) electrons. The Kier molecular flexibility index (Phi) is 7.07. The molecule has 0 aliphatic rings. The summed E-state index contributed by atoms with van der Waals surface area (Å²) in [4.78, 5) is 35.1. The third-order valence-electron chi connectivity index (χ3n) is 3.91. The van der Waals surface area contributed by atoms with Crippen molar-refractivity contribution in [3.8, 4) is 0 Å². The molecule has 0 spiro atoms. The summed E-state index contributed by atoms with van der Waals surface area (Å²) in [6.07, 6.45) is 1.07. The smallest absolute Gasteiger partial charge is 0.309 e. The largest absolute Gasteiger partial charge is 0.481 e. The quantitative estimate of drug-likeness (QED) is 0.662. The van der Waals surface area contributed by atoms with Gasteiger partial charge in [-0.05, 0) is 33.1 Å². The highest BCUT2D eigenvalue weighted by molar-refractivity contribution is 5.83. The van der Waals surface area contributed by atoms with Crippen molar-refractivity contribution in [1.29, 1.82) is 0 Å². The number of rotatable bonds is 9. The van der Waals surface area contributed by atoms with E-state index >= 15 is 0 Å². The van der Waals surface area contributed by atoms with Crippen LogP contribution in [-0.4, -0.2) is 29.4 Å². The van der Waals surface area contributed by atoms with Gasteiger partial charge in [-0.1, -0.05) is 27.7 Å². The number of esters is 1. The molecule has 0 aromatic rings. The van der Waals surface area contributed by atoms with Crippen molar-refractivity contribution in [3.63, 3.8) is 0 Å². The van der Waals surface area contributed by atoms with E-state index in [1.54, 1.807) is 27.7 Å². The maximum atomic E-state index is 11.8. The van der Waals surface area contributed by atoms with Crippen LogP contribution in [0.4, 0.5) is 0 Å². The summed E-state index contributed by atoms with van der Waals surface area (Å²) in [5.41, 5.74) is -1.87. The number of carboxylic acid groups (broad SMARTS) is 1. The Balaban J connectivity index is 5.01. The van der Waals surface area contributed by atoms with E-state index in [2.05, 4.69) is 0 Å². The van der Waals surface area contributed by atoms with Gasteiger partial charge in [-0.25, -0.2) is 0 Å². The monoisotopic (exact) mass is 300 g/mol. The Morgan fingerprint density at radius 2 is 1.71 bits per heavy atom. The van der Waals surface area contributed by atoms with E-state index in [0.29, 0.717) is 6.61 Å². The first-order valence-corrected chi connectivity index (χ1v) is 7.37. The Morgan fingerprint density at radius 1 is 1.19 bits per heavy atom. The number of hydrogen-bond donors (Lipinski definition) is 1. The summed E-state index contributed by atoms with van der Waals surface area (Å²) in [5, 5.41) is 9.52. The van der Waals surface area contributed by atoms with Crippen molar-refractivity contribution in [1.82, 2.24) is 0 Å². The zero-order valence-electron chi connectivity index (χ0n) is 14.0. The maximum Gasteiger partial charge on any atom is 0.309 e. The number of aliphatic carboxylic acids is 1. The standard InChI is InChI=1S/C16H28O5/c1-7-8-21-13(18)11(2)9-16(6,14(19)20)10-15(4,5)12(3)17/h11H,7-10H2,1-6H3,(H,19,20). The number of carbonyl (C=O) groups is 3. The van der Waals surface area contributed by atoms with Gasteiger partial charge in [-0.15, -0.1) is 0 Å². The molecule has 0 fully saturated rings. The van der Waals surface area contributed by atoms with Gasteiger partial charge in [0.05, 0.1) is 17.9 Å². The normalized spacial score (nSPS) is 15.9. The molecule has 2 unspecified atom stereocenters. The van der Waals surface area contributed by atoms with Gasteiger partial charge in [0, 0.05) is 5.41 Å². The highest BCUT2D eigenvalue weighted by atomic mass is 16.5. The lowest BCUT2D eigenvalue weighted by Gasteiger charge is -2.34. The van der Waals surface area contributed by atoms with Crippen LogP contribution in [-0.2, 0) is 19.1 Å². The fourth-order valence-corrected chi connectivity index (χ4v) is 2.44. The van der Waals surface area contributed by atoms with Gasteiger partial charge in [0.25, 0.3) is 0 Å². The molecule has 0 amide bonds.